The summed E-state index contributed by atoms with van der Waals surface area (Å²) in [4.78, 5) is 4.45. The number of hydrogen-bond donors (Lipinski definition) is 0. The number of halogens is 7. The molecule has 4 rings (SSSR count). The van der Waals surface area contributed by atoms with Gasteiger partial charge in [-0.3, -0.25) is 4.98 Å². The molecule has 34 heavy (non-hydrogen) atoms. The fraction of sp³-hybridized carbons (Fsp3) is 0.320. The maximum Gasteiger partial charge on any atom is 0.416 e. The van der Waals surface area contributed by atoms with E-state index in [0.29, 0.717) is 36.2 Å². The van der Waals surface area contributed by atoms with E-state index in [1.165, 1.54) is 19.1 Å². The van der Waals surface area contributed by atoms with Crippen molar-refractivity contribution in [2.75, 3.05) is 0 Å². The van der Waals surface area contributed by atoms with Crippen LogP contribution >= 0.6 is 0 Å². The Balaban J connectivity index is 1.70. The fourth-order valence-electron chi connectivity index (χ4n) is 4.33. The second-order valence-electron chi connectivity index (χ2n) is 8.27. The van der Waals surface area contributed by atoms with E-state index < -0.39 is 47.4 Å². The van der Waals surface area contributed by atoms with Crippen molar-refractivity contribution in [3.05, 3.63) is 100 Å². The smallest absolute Gasteiger partial charge is 0.370 e. The van der Waals surface area contributed by atoms with Crippen LogP contribution in [0.5, 0.6) is 0 Å². The lowest BCUT2D eigenvalue weighted by Crippen LogP contribution is -2.31. The van der Waals surface area contributed by atoms with Gasteiger partial charge in [0.15, 0.2) is 0 Å². The van der Waals surface area contributed by atoms with E-state index >= 15 is 0 Å². The van der Waals surface area contributed by atoms with Gasteiger partial charge in [-0.1, -0.05) is 18.2 Å². The zero-order chi connectivity index (χ0) is 24.7. The van der Waals surface area contributed by atoms with Gasteiger partial charge in [-0.25, -0.2) is 4.39 Å². The molecule has 3 aromatic rings. The Kier molecular flexibility index (Phi) is 6.42. The van der Waals surface area contributed by atoms with Gasteiger partial charge in [0.25, 0.3) is 0 Å². The standard InChI is InChI=1S/C25H20F7NO/c1-14(17-11-18(24(27,28)29)13-19(12-17)25(30,31)32)34-21-9-6-16-3-2-10-33-23(16)22(21)15-4-7-20(26)8-5-15/h2-5,7-8,10-14,21-22H,6,9H2,1H3/t14-,21-,22?/m1/s1. The number of rotatable bonds is 4. The van der Waals surface area contributed by atoms with Gasteiger partial charge < -0.3 is 4.74 Å². The average Bonchev–Trinajstić information content (AvgIpc) is 2.78. The third kappa shape index (κ3) is 5.09. The molecule has 0 aliphatic heterocycles. The summed E-state index contributed by atoms with van der Waals surface area (Å²) in [6.07, 6.45) is -8.90. The van der Waals surface area contributed by atoms with Crippen molar-refractivity contribution in [3.8, 4) is 0 Å². The predicted molar refractivity (Wildman–Crippen MR) is 111 cm³/mol. The van der Waals surface area contributed by atoms with E-state index in [9.17, 15) is 30.7 Å². The molecule has 0 N–H and O–H groups in total. The number of aryl methyl sites for hydroxylation is 1. The third-order valence-electron chi connectivity index (χ3n) is 5.98. The van der Waals surface area contributed by atoms with Crippen LogP contribution in [0.1, 0.15) is 58.9 Å². The molecule has 3 atom stereocenters. The first-order valence-corrected chi connectivity index (χ1v) is 10.6. The summed E-state index contributed by atoms with van der Waals surface area (Å²) in [6, 6.07) is 10.9. The number of alkyl halides is 6. The van der Waals surface area contributed by atoms with Gasteiger partial charge in [0, 0.05) is 6.20 Å². The molecule has 0 spiro atoms. The van der Waals surface area contributed by atoms with Crippen molar-refractivity contribution in [2.24, 2.45) is 0 Å². The van der Waals surface area contributed by atoms with Gasteiger partial charge in [-0.15, -0.1) is 0 Å². The van der Waals surface area contributed by atoms with E-state index in [1.54, 1.807) is 24.4 Å². The molecule has 2 nitrogen and oxygen atoms in total. The molecule has 1 aliphatic rings. The van der Waals surface area contributed by atoms with E-state index in [0.717, 1.165) is 5.56 Å². The van der Waals surface area contributed by atoms with Crippen LogP contribution in [0.2, 0.25) is 0 Å². The minimum Gasteiger partial charge on any atom is -0.370 e. The molecule has 0 saturated carbocycles. The van der Waals surface area contributed by atoms with Gasteiger partial charge in [-0.05, 0) is 72.9 Å². The second-order valence-corrected chi connectivity index (χ2v) is 8.27. The van der Waals surface area contributed by atoms with Crippen molar-refractivity contribution in [2.45, 2.75) is 50.2 Å². The van der Waals surface area contributed by atoms with Crippen molar-refractivity contribution in [1.82, 2.24) is 4.98 Å². The molecule has 1 unspecified atom stereocenters. The molecule has 0 bridgehead atoms. The van der Waals surface area contributed by atoms with Gasteiger partial charge in [-0.2, -0.15) is 26.3 Å². The lowest BCUT2D eigenvalue weighted by atomic mass is 9.79. The van der Waals surface area contributed by atoms with Crippen LogP contribution in [-0.4, -0.2) is 11.1 Å². The molecule has 2 aromatic carbocycles. The zero-order valence-electron chi connectivity index (χ0n) is 17.9. The van der Waals surface area contributed by atoms with Crippen LogP contribution in [0.25, 0.3) is 0 Å². The number of benzene rings is 2. The topological polar surface area (TPSA) is 22.1 Å². The number of fused-ring (bicyclic) bond motifs is 1. The van der Waals surface area contributed by atoms with Gasteiger partial charge in [0.05, 0.1) is 34.9 Å². The first kappa shape index (κ1) is 24.2. The molecular weight excluding hydrogens is 463 g/mol. The quantitative estimate of drug-likeness (QED) is 0.359. The van der Waals surface area contributed by atoms with Crippen LogP contribution in [-0.2, 0) is 23.5 Å². The summed E-state index contributed by atoms with van der Waals surface area (Å²) in [5, 5.41) is 0. The lowest BCUT2D eigenvalue weighted by Gasteiger charge is -2.35. The summed E-state index contributed by atoms with van der Waals surface area (Å²) in [5.74, 6) is -0.892. The largest absolute Gasteiger partial charge is 0.416 e. The van der Waals surface area contributed by atoms with Gasteiger partial charge >= 0.3 is 12.4 Å². The Labute approximate surface area is 191 Å². The molecule has 180 valence electrons. The summed E-state index contributed by atoms with van der Waals surface area (Å²) >= 11 is 0. The fourth-order valence-corrected chi connectivity index (χ4v) is 4.33. The first-order valence-electron chi connectivity index (χ1n) is 10.6. The Morgan fingerprint density at radius 1 is 0.912 bits per heavy atom. The molecular formula is C25H20F7NO. The highest BCUT2D eigenvalue weighted by molar-refractivity contribution is 5.38. The van der Waals surface area contributed by atoms with Crippen LogP contribution in [0.4, 0.5) is 30.7 Å². The maximum absolute atomic E-state index is 13.5. The lowest BCUT2D eigenvalue weighted by molar-refractivity contribution is -0.143. The second kappa shape index (κ2) is 9.02. The Hall–Kier alpha value is -2.94. The highest BCUT2D eigenvalue weighted by Crippen LogP contribution is 2.41. The SMILES string of the molecule is C[C@@H](O[C@@H]1CCc2cccnc2C1c1ccc(F)cc1)c1cc(C(F)(F)F)cc(C(F)(F)F)c1. The van der Waals surface area contributed by atoms with Crippen LogP contribution in [0.3, 0.4) is 0 Å². The Bertz CT molecular complexity index is 1120. The molecule has 0 amide bonds. The minimum absolute atomic E-state index is 0.0955. The number of pyridine rings is 1. The van der Waals surface area contributed by atoms with Crippen molar-refractivity contribution < 1.29 is 35.5 Å². The summed E-state index contributed by atoms with van der Waals surface area (Å²) in [7, 11) is 0. The van der Waals surface area contributed by atoms with Crippen molar-refractivity contribution in [3.63, 3.8) is 0 Å². The predicted octanol–water partition coefficient (Wildman–Crippen LogP) is 7.48. The van der Waals surface area contributed by atoms with Crippen molar-refractivity contribution >= 4 is 0 Å². The average molecular weight is 483 g/mol. The Morgan fingerprint density at radius 3 is 2.12 bits per heavy atom. The first-order chi connectivity index (χ1) is 15.9. The maximum atomic E-state index is 13.5. The molecule has 1 aliphatic carbocycles. The van der Waals surface area contributed by atoms with E-state index in [4.69, 9.17) is 4.74 Å². The zero-order valence-corrected chi connectivity index (χ0v) is 17.9. The summed E-state index contributed by atoms with van der Waals surface area (Å²) in [5.41, 5.74) is -0.664. The van der Waals surface area contributed by atoms with Crippen molar-refractivity contribution in [1.29, 1.82) is 0 Å². The van der Waals surface area contributed by atoms with E-state index in [1.807, 2.05) is 6.07 Å². The molecule has 1 heterocycles. The number of ether oxygens (including phenoxy) is 1. The Morgan fingerprint density at radius 2 is 1.53 bits per heavy atom. The highest BCUT2D eigenvalue weighted by atomic mass is 19.4. The van der Waals surface area contributed by atoms with E-state index in [2.05, 4.69) is 4.98 Å². The van der Waals surface area contributed by atoms with Gasteiger partial charge in [0.2, 0.25) is 0 Å². The highest BCUT2D eigenvalue weighted by Gasteiger charge is 2.38. The number of aromatic nitrogens is 1. The molecule has 0 saturated heterocycles. The molecule has 0 radical (unpaired) electrons. The summed E-state index contributed by atoms with van der Waals surface area (Å²) < 4.78 is 99.4. The molecule has 0 fully saturated rings. The molecule has 9 heteroatoms. The number of hydrogen-bond acceptors (Lipinski definition) is 2. The molecule has 1 aromatic heterocycles. The normalized spacial score (nSPS) is 19.5. The third-order valence-corrected chi connectivity index (χ3v) is 5.98. The van der Waals surface area contributed by atoms with Crippen LogP contribution in [0, 0.1) is 5.82 Å². The monoisotopic (exact) mass is 483 g/mol. The van der Waals surface area contributed by atoms with Crippen LogP contribution < -0.4 is 0 Å². The van der Waals surface area contributed by atoms with Crippen LogP contribution in [0.15, 0.2) is 60.8 Å². The van der Waals surface area contributed by atoms with E-state index in [-0.39, 0.29) is 11.6 Å². The number of nitrogens with zero attached hydrogens (tertiary/aromatic N) is 1. The van der Waals surface area contributed by atoms with Gasteiger partial charge in [0.1, 0.15) is 5.82 Å². The summed E-state index contributed by atoms with van der Waals surface area (Å²) in [6.45, 7) is 1.42. The minimum atomic E-state index is -4.94.